The number of hydrogen-bond donors (Lipinski definition) is 1. The van der Waals surface area contributed by atoms with E-state index in [0.29, 0.717) is 0 Å². The summed E-state index contributed by atoms with van der Waals surface area (Å²) < 4.78 is 1.17. The van der Waals surface area contributed by atoms with Crippen molar-refractivity contribution in [3.63, 3.8) is 0 Å². The number of benzene rings is 1. The Morgan fingerprint density at radius 1 is 1.32 bits per heavy atom. The van der Waals surface area contributed by atoms with Crippen LogP contribution in [0.1, 0.15) is 31.2 Å². The molecule has 1 aromatic rings. The van der Waals surface area contributed by atoms with Gasteiger partial charge in [0.2, 0.25) is 0 Å². The molecule has 3 heteroatoms. The molecule has 0 aliphatic heterocycles. The van der Waals surface area contributed by atoms with Crippen LogP contribution in [0.2, 0.25) is 0 Å². The Morgan fingerprint density at radius 3 is 2.68 bits per heavy atom. The van der Waals surface area contributed by atoms with Crippen LogP contribution in [0.15, 0.2) is 28.7 Å². The molecular formula is C16H24BrNS. The minimum absolute atomic E-state index is 0.786. The Hall–Kier alpha value is 0.01000. The molecule has 1 saturated carbocycles. The molecule has 1 aliphatic rings. The van der Waals surface area contributed by atoms with Crippen molar-refractivity contribution in [2.75, 3.05) is 18.6 Å². The summed E-state index contributed by atoms with van der Waals surface area (Å²) in [6.07, 6.45) is 8.87. The number of thioether (sulfide) groups is 1. The van der Waals surface area contributed by atoms with Crippen LogP contribution in [-0.4, -0.2) is 24.6 Å². The average molecular weight is 342 g/mol. The van der Waals surface area contributed by atoms with Gasteiger partial charge in [0, 0.05) is 10.5 Å². The van der Waals surface area contributed by atoms with Crippen LogP contribution >= 0.6 is 27.7 Å². The fourth-order valence-corrected chi connectivity index (χ4v) is 3.09. The van der Waals surface area contributed by atoms with Crippen LogP contribution in [0.25, 0.3) is 0 Å². The SMILES string of the molecule is CSCCCC(CNC1CC1)Cc1ccc(Br)cc1. The molecule has 1 atom stereocenters. The van der Waals surface area contributed by atoms with E-state index in [1.54, 1.807) is 0 Å². The zero-order chi connectivity index (χ0) is 13.5. The van der Waals surface area contributed by atoms with Crippen molar-refractivity contribution in [3.05, 3.63) is 34.3 Å². The first-order valence-corrected chi connectivity index (χ1v) is 9.43. The van der Waals surface area contributed by atoms with E-state index < -0.39 is 0 Å². The predicted molar refractivity (Wildman–Crippen MR) is 90.0 cm³/mol. The van der Waals surface area contributed by atoms with Gasteiger partial charge in [-0.05, 0) is 74.3 Å². The van der Waals surface area contributed by atoms with Crippen molar-refractivity contribution < 1.29 is 0 Å². The van der Waals surface area contributed by atoms with Gasteiger partial charge in [0.1, 0.15) is 0 Å². The number of nitrogens with one attached hydrogen (secondary N) is 1. The smallest absolute Gasteiger partial charge is 0.0175 e. The molecule has 0 amide bonds. The van der Waals surface area contributed by atoms with E-state index in [1.807, 2.05) is 11.8 Å². The molecule has 1 fully saturated rings. The Kier molecular flexibility index (Phi) is 6.75. The molecule has 0 aromatic heterocycles. The lowest BCUT2D eigenvalue weighted by Gasteiger charge is -2.17. The molecule has 1 aliphatic carbocycles. The zero-order valence-corrected chi connectivity index (χ0v) is 14.1. The van der Waals surface area contributed by atoms with Gasteiger partial charge in [0.25, 0.3) is 0 Å². The lowest BCUT2D eigenvalue weighted by atomic mass is 9.95. The van der Waals surface area contributed by atoms with E-state index in [0.717, 1.165) is 12.0 Å². The maximum atomic E-state index is 3.70. The molecule has 1 unspecified atom stereocenters. The summed E-state index contributed by atoms with van der Waals surface area (Å²) in [7, 11) is 0. The fraction of sp³-hybridized carbons (Fsp3) is 0.625. The van der Waals surface area contributed by atoms with Crippen LogP contribution in [0.3, 0.4) is 0 Å². The van der Waals surface area contributed by atoms with Crippen molar-refractivity contribution >= 4 is 27.7 Å². The maximum Gasteiger partial charge on any atom is 0.0175 e. The molecule has 1 aromatic carbocycles. The molecule has 106 valence electrons. The lowest BCUT2D eigenvalue weighted by molar-refractivity contribution is 0.438. The fourth-order valence-electron chi connectivity index (χ4n) is 2.37. The van der Waals surface area contributed by atoms with Gasteiger partial charge in [0.15, 0.2) is 0 Å². The molecule has 19 heavy (non-hydrogen) atoms. The van der Waals surface area contributed by atoms with Gasteiger partial charge in [-0.25, -0.2) is 0 Å². The van der Waals surface area contributed by atoms with Gasteiger partial charge in [0.05, 0.1) is 0 Å². The molecule has 0 radical (unpaired) electrons. The molecule has 0 saturated heterocycles. The third-order valence-electron chi connectivity index (χ3n) is 3.67. The van der Waals surface area contributed by atoms with Gasteiger partial charge < -0.3 is 5.32 Å². The summed E-state index contributed by atoms with van der Waals surface area (Å²) >= 11 is 5.47. The Labute approximate surface area is 130 Å². The van der Waals surface area contributed by atoms with Crippen LogP contribution in [0.5, 0.6) is 0 Å². The van der Waals surface area contributed by atoms with E-state index in [1.165, 1.54) is 54.4 Å². The van der Waals surface area contributed by atoms with Gasteiger partial charge in [-0.1, -0.05) is 28.1 Å². The minimum Gasteiger partial charge on any atom is -0.314 e. The van der Waals surface area contributed by atoms with E-state index in [2.05, 4.69) is 51.8 Å². The molecule has 0 bridgehead atoms. The van der Waals surface area contributed by atoms with Crippen molar-refractivity contribution in [1.29, 1.82) is 0 Å². The number of halogens is 1. The van der Waals surface area contributed by atoms with E-state index in [-0.39, 0.29) is 0 Å². The van der Waals surface area contributed by atoms with E-state index in [9.17, 15) is 0 Å². The molecule has 0 heterocycles. The van der Waals surface area contributed by atoms with Gasteiger partial charge >= 0.3 is 0 Å². The average Bonchev–Trinajstić information content (AvgIpc) is 3.23. The largest absolute Gasteiger partial charge is 0.314 e. The van der Waals surface area contributed by atoms with Gasteiger partial charge in [-0.2, -0.15) is 11.8 Å². The van der Waals surface area contributed by atoms with Crippen molar-refractivity contribution in [2.45, 2.75) is 38.1 Å². The first-order valence-electron chi connectivity index (χ1n) is 7.24. The molecule has 2 rings (SSSR count). The van der Waals surface area contributed by atoms with Crippen LogP contribution in [0, 0.1) is 5.92 Å². The normalized spacial score (nSPS) is 16.5. The van der Waals surface area contributed by atoms with Crippen LogP contribution in [-0.2, 0) is 6.42 Å². The van der Waals surface area contributed by atoms with Gasteiger partial charge in [-0.3, -0.25) is 0 Å². The summed E-state index contributed by atoms with van der Waals surface area (Å²) in [4.78, 5) is 0. The minimum atomic E-state index is 0.786. The number of rotatable bonds is 9. The van der Waals surface area contributed by atoms with Crippen molar-refractivity contribution in [2.24, 2.45) is 5.92 Å². The standard InChI is InChI=1S/C16H24BrNS/c1-19-10-2-3-14(12-18-16-8-9-16)11-13-4-6-15(17)7-5-13/h4-7,14,16,18H,2-3,8-12H2,1H3. The summed E-state index contributed by atoms with van der Waals surface area (Å²) in [5.41, 5.74) is 1.47. The topological polar surface area (TPSA) is 12.0 Å². The van der Waals surface area contributed by atoms with E-state index >= 15 is 0 Å². The second-order valence-corrected chi connectivity index (χ2v) is 7.42. The molecule has 1 nitrogen and oxygen atoms in total. The highest BCUT2D eigenvalue weighted by molar-refractivity contribution is 9.10. The second-order valence-electron chi connectivity index (χ2n) is 5.51. The molecule has 1 N–H and O–H groups in total. The summed E-state index contributed by atoms with van der Waals surface area (Å²) in [6.45, 7) is 1.19. The molecule has 0 spiro atoms. The highest BCUT2D eigenvalue weighted by atomic mass is 79.9. The Morgan fingerprint density at radius 2 is 2.05 bits per heavy atom. The van der Waals surface area contributed by atoms with Gasteiger partial charge in [-0.15, -0.1) is 0 Å². The predicted octanol–water partition coefficient (Wildman–Crippen LogP) is 4.50. The quantitative estimate of drug-likeness (QED) is 0.663. The van der Waals surface area contributed by atoms with Crippen molar-refractivity contribution in [3.8, 4) is 0 Å². The first kappa shape index (κ1) is 15.4. The highest BCUT2D eigenvalue weighted by Gasteiger charge is 2.21. The lowest BCUT2D eigenvalue weighted by Crippen LogP contribution is -2.26. The van der Waals surface area contributed by atoms with E-state index in [4.69, 9.17) is 0 Å². The summed E-state index contributed by atoms with van der Waals surface area (Å²) in [6, 6.07) is 9.64. The van der Waals surface area contributed by atoms with Crippen molar-refractivity contribution in [1.82, 2.24) is 5.32 Å². The highest BCUT2D eigenvalue weighted by Crippen LogP contribution is 2.21. The van der Waals surface area contributed by atoms with Crippen LogP contribution in [0.4, 0.5) is 0 Å². The maximum absolute atomic E-state index is 3.70. The third kappa shape index (κ3) is 6.33. The number of hydrogen-bond acceptors (Lipinski definition) is 2. The summed E-state index contributed by atoms with van der Waals surface area (Å²) in [5, 5.41) is 3.70. The monoisotopic (exact) mass is 341 g/mol. The first-order chi connectivity index (χ1) is 9.28. The molecular weight excluding hydrogens is 318 g/mol. The Balaban J connectivity index is 1.81. The second kappa shape index (κ2) is 8.33. The summed E-state index contributed by atoms with van der Waals surface area (Å²) in [5.74, 6) is 2.08. The van der Waals surface area contributed by atoms with Crippen LogP contribution < -0.4 is 5.32 Å². The Bertz CT molecular complexity index is 362. The third-order valence-corrected chi connectivity index (χ3v) is 4.90. The zero-order valence-electron chi connectivity index (χ0n) is 11.7.